The van der Waals surface area contributed by atoms with Crippen LogP contribution < -0.4 is 11.1 Å². The zero-order valence-corrected chi connectivity index (χ0v) is 10.1. The minimum Gasteiger partial charge on any atom is -0.399 e. The van der Waals surface area contributed by atoms with Gasteiger partial charge in [-0.05, 0) is 31.0 Å². The van der Waals surface area contributed by atoms with Gasteiger partial charge >= 0.3 is 0 Å². The molecule has 0 aliphatic rings. The number of benzene rings is 1. The van der Waals surface area contributed by atoms with E-state index >= 15 is 0 Å². The summed E-state index contributed by atoms with van der Waals surface area (Å²) in [6.45, 7) is 1.77. The summed E-state index contributed by atoms with van der Waals surface area (Å²) in [6.07, 6.45) is 1.07. The van der Waals surface area contributed by atoms with E-state index in [9.17, 15) is 4.79 Å². The molecule has 5 heteroatoms. The van der Waals surface area contributed by atoms with Crippen LogP contribution in [0.25, 0.3) is 0 Å². The first-order valence-electron chi connectivity index (χ1n) is 5.71. The van der Waals surface area contributed by atoms with Crippen molar-refractivity contribution in [2.24, 2.45) is 0 Å². The van der Waals surface area contributed by atoms with E-state index in [0.717, 1.165) is 11.3 Å². The number of carbonyl (C=O) groups is 1. The van der Waals surface area contributed by atoms with Crippen LogP contribution in [0.5, 0.6) is 0 Å². The van der Waals surface area contributed by atoms with Gasteiger partial charge in [0, 0.05) is 18.2 Å². The van der Waals surface area contributed by atoms with Crippen molar-refractivity contribution in [3.8, 4) is 0 Å². The van der Waals surface area contributed by atoms with Crippen LogP contribution in [0, 0.1) is 6.92 Å². The molecular weight excluding hydrogens is 230 g/mol. The van der Waals surface area contributed by atoms with Gasteiger partial charge in [-0.25, -0.2) is 0 Å². The third kappa shape index (κ3) is 3.35. The van der Waals surface area contributed by atoms with Crippen molar-refractivity contribution in [2.45, 2.75) is 19.8 Å². The number of nitrogens with zero attached hydrogens (tertiary/aromatic N) is 1. The molecule has 1 aromatic heterocycles. The Hall–Kier alpha value is -2.30. The molecule has 0 saturated heterocycles. The Morgan fingerprint density at radius 3 is 2.72 bits per heavy atom. The lowest BCUT2D eigenvalue weighted by Crippen LogP contribution is -2.12. The summed E-state index contributed by atoms with van der Waals surface area (Å²) in [6, 6.07) is 9.18. The number of hydrogen-bond acceptors (Lipinski definition) is 4. The van der Waals surface area contributed by atoms with E-state index in [2.05, 4.69) is 10.5 Å². The highest BCUT2D eigenvalue weighted by Crippen LogP contribution is 2.10. The van der Waals surface area contributed by atoms with E-state index in [1.807, 2.05) is 24.3 Å². The van der Waals surface area contributed by atoms with Crippen molar-refractivity contribution in [3.63, 3.8) is 0 Å². The van der Waals surface area contributed by atoms with Gasteiger partial charge in [-0.1, -0.05) is 17.3 Å². The van der Waals surface area contributed by atoms with Crippen LogP contribution in [0.1, 0.15) is 17.7 Å². The lowest BCUT2D eigenvalue weighted by molar-refractivity contribution is -0.116. The zero-order chi connectivity index (χ0) is 13.0. The van der Waals surface area contributed by atoms with E-state index in [1.54, 1.807) is 13.0 Å². The molecule has 1 aromatic carbocycles. The minimum absolute atomic E-state index is 0.0832. The highest BCUT2D eigenvalue weighted by atomic mass is 16.5. The molecule has 0 saturated carbocycles. The van der Waals surface area contributed by atoms with Gasteiger partial charge in [0.25, 0.3) is 0 Å². The van der Waals surface area contributed by atoms with Crippen LogP contribution in [0.15, 0.2) is 34.9 Å². The molecule has 2 rings (SSSR count). The van der Waals surface area contributed by atoms with E-state index in [4.69, 9.17) is 10.3 Å². The molecular formula is C13H15N3O2. The lowest BCUT2D eigenvalue weighted by atomic mass is 10.1. The third-order valence-electron chi connectivity index (χ3n) is 2.52. The molecule has 18 heavy (non-hydrogen) atoms. The standard InChI is InChI=1S/C13H15N3O2/c1-9-8-12(16-18-9)15-13(17)7-4-10-2-5-11(14)6-3-10/h2-3,5-6,8H,4,7,14H2,1H3,(H,15,16,17). The molecule has 0 atom stereocenters. The monoisotopic (exact) mass is 245 g/mol. The average molecular weight is 245 g/mol. The largest absolute Gasteiger partial charge is 0.399 e. The average Bonchev–Trinajstić information content (AvgIpc) is 2.74. The maximum Gasteiger partial charge on any atom is 0.225 e. The maximum atomic E-state index is 11.6. The fourth-order valence-corrected chi connectivity index (χ4v) is 1.57. The molecule has 94 valence electrons. The molecule has 3 N–H and O–H groups in total. The van der Waals surface area contributed by atoms with Crippen LogP contribution in [0.2, 0.25) is 0 Å². The number of aryl methyl sites for hydroxylation is 2. The second-order valence-electron chi connectivity index (χ2n) is 4.11. The molecule has 0 aliphatic heterocycles. The van der Waals surface area contributed by atoms with Crippen molar-refractivity contribution < 1.29 is 9.32 Å². The van der Waals surface area contributed by atoms with Crippen molar-refractivity contribution >= 4 is 17.4 Å². The second-order valence-corrected chi connectivity index (χ2v) is 4.11. The topological polar surface area (TPSA) is 81.2 Å². The summed E-state index contributed by atoms with van der Waals surface area (Å²) in [4.78, 5) is 11.6. The molecule has 5 nitrogen and oxygen atoms in total. The summed E-state index contributed by atoms with van der Waals surface area (Å²) >= 11 is 0. The van der Waals surface area contributed by atoms with Gasteiger partial charge < -0.3 is 15.6 Å². The van der Waals surface area contributed by atoms with Gasteiger partial charge in [0.15, 0.2) is 5.82 Å². The first kappa shape index (κ1) is 12.2. The number of nitrogens with two attached hydrogens (primary N) is 1. The van der Waals surface area contributed by atoms with Crippen LogP contribution >= 0.6 is 0 Å². The summed E-state index contributed by atoms with van der Waals surface area (Å²) in [5, 5.41) is 6.37. The lowest BCUT2D eigenvalue weighted by Gasteiger charge is -2.02. The molecule has 0 unspecified atom stereocenters. The number of hydrogen-bond donors (Lipinski definition) is 2. The van der Waals surface area contributed by atoms with Gasteiger partial charge in [-0.3, -0.25) is 4.79 Å². The van der Waals surface area contributed by atoms with Gasteiger partial charge in [0.1, 0.15) is 5.76 Å². The van der Waals surface area contributed by atoms with Crippen molar-refractivity contribution in [2.75, 3.05) is 11.1 Å². The predicted molar refractivity (Wildman–Crippen MR) is 69.0 cm³/mol. The number of aromatic nitrogens is 1. The number of anilines is 2. The molecule has 0 spiro atoms. The van der Waals surface area contributed by atoms with E-state index in [-0.39, 0.29) is 5.91 Å². The van der Waals surface area contributed by atoms with Gasteiger partial charge in [-0.15, -0.1) is 0 Å². The van der Waals surface area contributed by atoms with Crippen molar-refractivity contribution in [3.05, 3.63) is 41.7 Å². The van der Waals surface area contributed by atoms with Crippen LogP contribution in [-0.2, 0) is 11.2 Å². The summed E-state index contributed by atoms with van der Waals surface area (Å²) in [5.74, 6) is 1.04. The first-order valence-corrected chi connectivity index (χ1v) is 5.71. The van der Waals surface area contributed by atoms with Crippen LogP contribution in [-0.4, -0.2) is 11.1 Å². The first-order chi connectivity index (χ1) is 8.63. The molecule has 2 aromatic rings. The molecule has 0 fully saturated rings. The Balaban J connectivity index is 1.83. The number of rotatable bonds is 4. The highest BCUT2D eigenvalue weighted by Gasteiger charge is 2.06. The predicted octanol–water partition coefficient (Wildman–Crippen LogP) is 2.14. The Labute approximate surface area is 105 Å². The SMILES string of the molecule is Cc1cc(NC(=O)CCc2ccc(N)cc2)no1. The molecule has 0 aliphatic carbocycles. The second kappa shape index (κ2) is 5.35. The quantitative estimate of drug-likeness (QED) is 0.808. The van der Waals surface area contributed by atoms with E-state index in [0.29, 0.717) is 24.4 Å². The Morgan fingerprint density at radius 2 is 2.11 bits per heavy atom. The number of nitrogens with one attached hydrogen (secondary N) is 1. The van der Waals surface area contributed by atoms with E-state index < -0.39 is 0 Å². The maximum absolute atomic E-state index is 11.6. The Bertz CT molecular complexity index is 531. The zero-order valence-electron chi connectivity index (χ0n) is 10.1. The minimum atomic E-state index is -0.0832. The fourth-order valence-electron chi connectivity index (χ4n) is 1.57. The molecule has 0 bridgehead atoms. The van der Waals surface area contributed by atoms with Crippen LogP contribution in [0.3, 0.4) is 0 Å². The number of amides is 1. The van der Waals surface area contributed by atoms with Crippen molar-refractivity contribution in [1.29, 1.82) is 0 Å². The van der Waals surface area contributed by atoms with Gasteiger partial charge in [0.2, 0.25) is 5.91 Å². The van der Waals surface area contributed by atoms with Gasteiger partial charge in [-0.2, -0.15) is 0 Å². The molecule has 0 radical (unpaired) electrons. The smallest absolute Gasteiger partial charge is 0.225 e. The summed E-state index contributed by atoms with van der Waals surface area (Å²) < 4.78 is 4.86. The molecule has 1 heterocycles. The fraction of sp³-hybridized carbons (Fsp3) is 0.231. The summed E-state index contributed by atoms with van der Waals surface area (Å²) in [5.41, 5.74) is 7.39. The highest BCUT2D eigenvalue weighted by molar-refractivity contribution is 5.89. The third-order valence-corrected chi connectivity index (χ3v) is 2.52. The number of carbonyl (C=O) groups excluding carboxylic acids is 1. The normalized spacial score (nSPS) is 10.3. The Kier molecular flexibility index (Phi) is 3.62. The summed E-state index contributed by atoms with van der Waals surface area (Å²) in [7, 11) is 0. The van der Waals surface area contributed by atoms with E-state index in [1.165, 1.54) is 0 Å². The van der Waals surface area contributed by atoms with Gasteiger partial charge in [0.05, 0.1) is 0 Å². The van der Waals surface area contributed by atoms with Crippen LogP contribution in [0.4, 0.5) is 11.5 Å². The molecule has 1 amide bonds. The number of nitrogen functional groups attached to an aromatic ring is 1. The Morgan fingerprint density at radius 1 is 1.39 bits per heavy atom. The van der Waals surface area contributed by atoms with Crippen molar-refractivity contribution in [1.82, 2.24) is 5.16 Å².